The number of hydrogen-bond donors (Lipinski definition) is 2. The number of hydrogen-bond acceptors (Lipinski definition) is 6. The minimum Gasteiger partial charge on any atom is -0.489 e. The summed E-state index contributed by atoms with van der Waals surface area (Å²) < 4.78 is 5.64. The molecule has 7 nitrogen and oxygen atoms in total. The molecule has 0 aliphatic rings. The summed E-state index contributed by atoms with van der Waals surface area (Å²) in [6.45, 7) is 7.44. The van der Waals surface area contributed by atoms with E-state index in [1.807, 2.05) is 33.8 Å². The summed E-state index contributed by atoms with van der Waals surface area (Å²) in [5, 5.41) is 12.4. The number of nitrogens with one attached hydrogen (secondary N) is 1. The van der Waals surface area contributed by atoms with Crippen molar-refractivity contribution in [3.63, 3.8) is 0 Å². The zero-order chi connectivity index (χ0) is 19.3. The molecular formula is C18H21N3O4S. The molecule has 0 unspecified atom stereocenters. The van der Waals surface area contributed by atoms with E-state index in [9.17, 15) is 9.59 Å². The second-order valence-corrected chi connectivity index (χ2v) is 6.90. The third kappa shape index (κ3) is 5.73. The lowest BCUT2D eigenvalue weighted by molar-refractivity contribution is -0.113. The van der Waals surface area contributed by atoms with E-state index in [1.54, 1.807) is 6.07 Å². The van der Waals surface area contributed by atoms with E-state index in [4.69, 9.17) is 9.84 Å². The van der Waals surface area contributed by atoms with Crippen LogP contribution in [-0.4, -0.2) is 38.8 Å². The van der Waals surface area contributed by atoms with Crippen LogP contribution in [0, 0.1) is 13.8 Å². The Morgan fingerprint density at radius 3 is 2.42 bits per heavy atom. The molecule has 0 saturated carbocycles. The van der Waals surface area contributed by atoms with Crippen molar-refractivity contribution in [2.24, 2.45) is 0 Å². The standard InChI is InChI=1S/C18H21N3O4S/c1-10(2)25-15-6-5-13(17(23)24)8-14(15)21-16(22)9-26-18-19-11(3)7-12(4)20-18/h5-8,10H,9H2,1-4H3,(H,21,22)(H,23,24). The molecule has 1 amide bonds. The van der Waals surface area contributed by atoms with Crippen molar-refractivity contribution in [2.75, 3.05) is 11.1 Å². The van der Waals surface area contributed by atoms with Gasteiger partial charge in [0.25, 0.3) is 0 Å². The highest BCUT2D eigenvalue weighted by Crippen LogP contribution is 2.27. The van der Waals surface area contributed by atoms with Crippen molar-refractivity contribution < 1.29 is 19.4 Å². The highest BCUT2D eigenvalue weighted by molar-refractivity contribution is 7.99. The van der Waals surface area contributed by atoms with Gasteiger partial charge < -0.3 is 15.2 Å². The van der Waals surface area contributed by atoms with Crippen molar-refractivity contribution in [3.8, 4) is 5.75 Å². The summed E-state index contributed by atoms with van der Waals surface area (Å²) >= 11 is 1.21. The van der Waals surface area contributed by atoms with Gasteiger partial charge in [-0.15, -0.1) is 0 Å². The van der Waals surface area contributed by atoms with Crippen LogP contribution in [0.5, 0.6) is 5.75 Å². The normalized spacial score (nSPS) is 10.7. The Bertz CT molecular complexity index is 804. The number of aromatic nitrogens is 2. The summed E-state index contributed by atoms with van der Waals surface area (Å²) in [6, 6.07) is 6.22. The van der Waals surface area contributed by atoms with Crippen LogP contribution in [0.1, 0.15) is 35.6 Å². The van der Waals surface area contributed by atoms with Crippen LogP contribution < -0.4 is 10.1 Å². The Labute approximate surface area is 156 Å². The van der Waals surface area contributed by atoms with E-state index in [0.29, 0.717) is 16.6 Å². The Hall–Kier alpha value is -2.61. The van der Waals surface area contributed by atoms with Crippen LogP contribution in [-0.2, 0) is 4.79 Å². The van der Waals surface area contributed by atoms with Gasteiger partial charge in [-0.1, -0.05) is 11.8 Å². The van der Waals surface area contributed by atoms with E-state index in [-0.39, 0.29) is 23.3 Å². The van der Waals surface area contributed by atoms with Gasteiger partial charge in [0.1, 0.15) is 5.75 Å². The van der Waals surface area contributed by atoms with Crippen LogP contribution in [0.3, 0.4) is 0 Å². The van der Waals surface area contributed by atoms with Crippen molar-refractivity contribution in [2.45, 2.75) is 39.0 Å². The first kappa shape index (κ1) is 19.7. The van der Waals surface area contributed by atoms with Gasteiger partial charge >= 0.3 is 5.97 Å². The van der Waals surface area contributed by atoms with E-state index in [2.05, 4.69) is 15.3 Å². The molecule has 0 radical (unpaired) electrons. The maximum atomic E-state index is 12.3. The lowest BCUT2D eigenvalue weighted by Gasteiger charge is -2.15. The van der Waals surface area contributed by atoms with Gasteiger partial charge in [-0.2, -0.15) is 0 Å². The molecule has 2 aromatic rings. The van der Waals surface area contributed by atoms with E-state index >= 15 is 0 Å². The SMILES string of the molecule is Cc1cc(C)nc(SCC(=O)Nc2cc(C(=O)O)ccc2OC(C)C)n1. The number of carbonyl (C=O) groups is 2. The average molecular weight is 375 g/mol. The van der Waals surface area contributed by atoms with Crippen LogP contribution in [0.25, 0.3) is 0 Å². The highest BCUT2D eigenvalue weighted by atomic mass is 32.2. The van der Waals surface area contributed by atoms with Crippen LogP contribution in [0.2, 0.25) is 0 Å². The Morgan fingerprint density at radius 1 is 1.19 bits per heavy atom. The van der Waals surface area contributed by atoms with E-state index < -0.39 is 5.97 Å². The van der Waals surface area contributed by atoms with Gasteiger partial charge in [-0.25, -0.2) is 14.8 Å². The molecule has 0 saturated heterocycles. The molecule has 26 heavy (non-hydrogen) atoms. The highest BCUT2D eigenvalue weighted by Gasteiger charge is 2.14. The lowest BCUT2D eigenvalue weighted by atomic mass is 10.2. The number of carbonyl (C=O) groups excluding carboxylic acids is 1. The van der Waals surface area contributed by atoms with Crippen LogP contribution in [0.4, 0.5) is 5.69 Å². The molecule has 0 atom stereocenters. The third-order valence-electron chi connectivity index (χ3n) is 3.16. The van der Waals surface area contributed by atoms with Crippen molar-refractivity contribution in [1.82, 2.24) is 9.97 Å². The van der Waals surface area contributed by atoms with Gasteiger partial charge in [-0.05, 0) is 52.0 Å². The molecule has 1 heterocycles. The number of aromatic carboxylic acids is 1. The first-order valence-corrected chi connectivity index (χ1v) is 9.02. The Morgan fingerprint density at radius 2 is 1.85 bits per heavy atom. The molecule has 8 heteroatoms. The predicted molar refractivity (Wildman–Crippen MR) is 100 cm³/mol. The second-order valence-electron chi connectivity index (χ2n) is 5.95. The zero-order valence-electron chi connectivity index (χ0n) is 15.1. The lowest BCUT2D eigenvalue weighted by Crippen LogP contribution is -2.17. The number of aryl methyl sites for hydroxylation is 2. The first-order valence-electron chi connectivity index (χ1n) is 8.03. The number of carboxylic acid groups (broad SMARTS) is 1. The molecule has 138 valence electrons. The minimum atomic E-state index is -1.07. The molecule has 1 aromatic heterocycles. The molecule has 0 aliphatic heterocycles. The predicted octanol–water partition coefficient (Wildman–Crippen LogP) is 3.31. The quantitative estimate of drug-likeness (QED) is 0.565. The number of amides is 1. The molecular weight excluding hydrogens is 354 g/mol. The Kier molecular flexibility index (Phi) is 6.57. The van der Waals surface area contributed by atoms with Gasteiger partial charge in [0, 0.05) is 11.4 Å². The summed E-state index contributed by atoms with van der Waals surface area (Å²) in [7, 11) is 0. The maximum Gasteiger partial charge on any atom is 0.335 e. The number of nitrogens with zero attached hydrogens (tertiary/aromatic N) is 2. The van der Waals surface area contributed by atoms with Gasteiger partial charge in [0.15, 0.2) is 5.16 Å². The number of benzene rings is 1. The minimum absolute atomic E-state index is 0.0710. The van der Waals surface area contributed by atoms with Crippen LogP contribution in [0.15, 0.2) is 29.4 Å². The molecule has 2 rings (SSSR count). The van der Waals surface area contributed by atoms with E-state index in [0.717, 1.165) is 11.4 Å². The largest absolute Gasteiger partial charge is 0.489 e. The summed E-state index contributed by atoms with van der Waals surface area (Å²) in [5.74, 6) is -0.851. The molecule has 0 spiro atoms. The number of anilines is 1. The fraction of sp³-hybridized carbons (Fsp3) is 0.333. The number of rotatable bonds is 7. The van der Waals surface area contributed by atoms with Crippen LogP contribution >= 0.6 is 11.8 Å². The molecule has 1 aromatic carbocycles. The smallest absolute Gasteiger partial charge is 0.335 e. The average Bonchev–Trinajstić information content (AvgIpc) is 2.53. The van der Waals surface area contributed by atoms with Gasteiger partial charge in [0.05, 0.1) is 23.1 Å². The second kappa shape index (κ2) is 8.66. The fourth-order valence-corrected chi connectivity index (χ4v) is 2.94. The molecule has 0 fully saturated rings. The summed E-state index contributed by atoms with van der Waals surface area (Å²) in [6.07, 6.45) is -0.112. The number of ether oxygens (including phenoxy) is 1. The van der Waals surface area contributed by atoms with Crippen molar-refractivity contribution >= 4 is 29.3 Å². The summed E-state index contributed by atoms with van der Waals surface area (Å²) in [5.41, 5.74) is 2.07. The van der Waals surface area contributed by atoms with E-state index in [1.165, 1.54) is 23.9 Å². The van der Waals surface area contributed by atoms with Crippen molar-refractivity contribution in [1.29, 1.82) is 0 Å². The van der Waals surface area contributed by atoms with Gasteiger partial charge in [-0.3, -0.25) is 4.79 Å². The maximum absolute atomic E-state index is 12.3. The Balaban J connectivity index is 2.11. The zero-order valence-corrected chi connectivity index (χ0v) is 15.9. The van der Waals surface area contributed by atoms with Crippen molar-refractivity contribution in [3.05, 3.63) is 41.2 Å². The number of thioether (sulfide) groups is 1. The molecule has 0 aliphatic carbocycles. The molecule has 0 bridgehead atoms. The first-order chi connectivity index (χ1) is 12.2. The third-order valence-corrected chi connectivity index (χ3v) is 4.00. The molecule has 2 N–H and O–H groups in total. The summed E-state index contributed by atoms with van der Waals surface area (Å²) in [4.78, 5) is 32.0. The topological polar surface area (TPSA) is 101 Å². The van der Waals surface area contributed by atoms with Gasteiger partial charge in [0.2, 0.25) is 5.91 Å². The monoisotopic (exact) mass is 375 g/mol. The fourth-order valence-electron chi connectivity index (χ4n) is 2.19. The number of carboxylic acids is 1.